The van der Waals surface area contributed by atoms with Crippen LogP contribution in [-0.2, 0) is 11.3 Å². The molecule has 0 saturated carbocycles. The molecule has 3 aromatic rings. The van der Waals surface area contributed by atoms with Gasteiger partial charge < -0.3 is 20.1 Å². The Morgan fingerprint density at radius 1 is 1.09 bits per heavy atom. The average Bonchev–Trinajstić information content (AvgIpc) is 3.39. The second-order valence-electron chi connectivity index (χ2n) is 7.67. The van der Waals surface area contributed by atoms with Gasteiger partial charge in [0.15, 0.2) is 11.5 Å². The number of ether oxygens (including phenoxy) is 2. The molecule has 0 fully saturated rings. The standard InChI is InChI=1S/C25H22BrN3O3/c1-2-27-13-15-3-7-18(8-4-15)28-24(16-5-10-21-22(11-16)32-14-31-21)23-19-9-6-17(26)12-20(19)29-25(23)30/h3-12,23,27H,2,13-14H2,1H3,(H,29,30). The molecule has 6 nitrogen and oxygen atoms in total. The van der Waals surface area contributed by atoms with Crippen LogP contribution in [0.2, 0.25) is 0 Å². The number of carbonyl (C=O) groups excluding carboxylic acids is 1. The van der Waals surface area contributed by atoms with Crippen molar-refractivity contribution in [3.63, 3.8) is 0 Å². The lowest BCUT2D eigenvalue weighted by atomic mass is 9.90. The molecule has 0 aliphatic carbocycles. The normalized spacial score (nSPS) is 16.8. The molecule has 0 aromatic heterocycles. The molecule has 3 aromatic carbocycles. The van der Waals surface area contributed by atoms with E-state index in [1.54, 1.807) is 0 Å². The van der Waals surface area contributed by atoms with Gasteiger partial charge in [0.25, 0.3) is 0 Å². The highest BCUT2D eigenvalue weighted by Gasteiger charge is 2.36. The topological polar surface area (TPSA) is 72.0 Å². The van der Waals surface area contributed by atoms with Crippen LogP contribution < -0.4 is 20.1 Å². The van der Waals surface area contributed by atoms with Crippen molar-refractivity contribution in [1.29, 1.82) is 0 Å². The first-order valence-corrected chi connectivity index (χ1v) is 11.3. The van der Waals surface area contributed by atoms with Crippen molar-refractivity contribution in [3.05, 3.63) is 81.8 Å². The van der Waals surface area contributed by atoms with Gasteiger partial charge >= 0.3 is 0 Å². The average molecular weight is 492 g/mol. The highest BCUT2D eigenvalue weighted by atomic mass is 79.9. The van der Waals surface area contributed by atoms with E-state index in [2.05, 4.69) is 45.6 Å². The van der Waals surface area contributed by atoms with Crippen LogP contribution in [0.3, 0.4) is 0 Å². The Kier molecular flexibility index (Phi) is 5.68. The predicted molar refractivity (Wildman–Crippen MR) is 128 cm³/mol. The number of nitrogens with one attached hydrogen (secondary N) is 2. The predicted octanol–water partition coefficient (Wildman–Crippen LogP) is 5.14. The molecule has 1 unspecified atom stereocenters. The zero-order valence-corrected chi connectivity index (χ0v) is 19.1. The first-order chi connectivity index (χ1) is 15.6. The van der Waals surface area contributed by atoms with E-state index in [1.807, 2.05) is 48.5 Å². The lowest BCUT2D eigenvalue weighted by molar-refractivity contribution is -0.115. The summed E-state index contributed by atoms with van der Waals surface area (Å²) in [6, 6.07) is 19.6. The number of hydrogen-bond donors (Lipinski definition) is 2. The zero-order chi connectivity index (χ0) is 22.1. The highest BCUT2D eigenvalue weighted by Crippen LogP contribution is 2.40. The third-order valence-electron chi connectivity index (χ3n) is 5.55. The molecular weight excluding hydrogens is 470 g/mol. The third kappa shape index (κ3) is 4.01. The summed E-state index contributed by atoms with van der Waals surface area (Å²) in [6.07, 6.45) is 0. The van der Waals surface area contributed by atoms with Crippen molar-refractivity contribution in [1.82, 2.24) is 5.32 Å². The van der Waals surface area contributed by atoms with E-state index >= 15 is 0 Å². The second kappa shape index (κ2) is 8.76. The van der Waals surface area contributed by atoms with Crippen molar-refractivity contribution < 1.29 is 14.3 Å². The molecule has 7 heteroatoms. The number of amides is 1. The van der Waals surface area contributed by atoms with Gasteiger partial charge in [0, 0.05) is 22.3 Å². The van der Waals surface area contributed by atoms with E-state index in [1.165, 1.54) is 5.56 Å². The first kappa shape index (κ1) is 20.7. The van der Waals surface area contributed by atoms with Crippen molar-refractivity contribution in [2.45, 2.75) is 19.4 Å². The van der Waals surface area contributed by atoms with E-state index in [4.69, 9.17) is 14.5 Å². The molecular formula is C25H22BrN3O3. The van der Waals surface area contributed by atoms with Gasteiger partial charge in [0.1, 0.15) is 5.92 Å². The summed E-state index contributed by atoms with van der Waals surface area (Å²) in [5, 5.41) is 6.32. The Balaban J connectivity index is 1.59. The van der Waals surface area contributed by atoms with Crippen molar-refractivity contribution in [2.75, 3.05) is 18.7 Å². The minimum Gasteiger partial charge on any atom is -0.454 e. The Morgan fingerprint density at radius 3 is 2.72 bits per heavy atom. The Bertz CT molecular complexity index is 1210. The van der Waals surface area contributed by atoms with Crippen LogP contribution in [-0.4, -0.2) is 25.0 Å². The molecule has 162 valence electrons. The summed E-state index contributed by atoms with van der Waals surface area (Å²) < 4.78 is 11.9. The highest BCUT2D eigenvalue weighted by molar-refractivity contribution is 9.10. The maximum Gasteiger partial charge on any atom is 0.238 e. The quantitative estimate of drug-likeness (QED) is 0.468. The van der Waals surface area contributed by atoms with Crippen LogP contribution in [0.1, 0.15) is 29.5 Å². The van der Waals surface area contributed by atoms with E-state index in [0.29, 0.717) is 17.2 Å². The van der Waals surface area contributed by atoms with E-state index in [-0.39, 0.29) is 12.7 Å². The van der Waals surface area contributed by atoms with Gasteiger partial charge in [0.05, 0.1) is 11.4 Å². The molecule has 0 saturated heterocycles. The largest absolute Gasteiger partial charge is 0.454 e. The molecule has 0 radical (unpaired) electrons. The van der Waals surface area contributed by atoms with Gasteiger partial charge in [-0.2, -0.15) is 0 Å². The van der Waals surface area contributed by atoms with Crippen LogP contribution in [0.5, 0.6) is 11.5 Å². The molecule has 2 heterocycles. The van der Waals surface area contributed by atoms with E-state index in [9.17, 15) is 4.79 Å². The van der Waals surface area contributed by atoms with Crippen LogP contribution in [0.25, 0.3) is 0 Å². The number of benzene rings is 3. The summed E-state index contributed by atoms with van der Waals surface area (Å²) in [7, 11) is 0. The lowest BCUT2D eigenvalue weighted by Crippen LogP contribution is -2.22. The first-order valence-electron chi connectivity index (χ1n) is 10.5. The number of rotatable bonds is 6. The molecule has 2 aliphatic heterocycles. The number of carbonyl (C=O) groups is 1. The molecule has 0 spiro atoms. The summed E-state index contributed by atoms with van der Waals surface area (Å²) in [6.45, 7) is 4.00. The molecule has 2 N–H and O–H groups in total. The molecule has 1 atom stereocenters. The van der Waals surface area contributed by atoms with Gasteiger partial charge in [-0.25, -0.2) is 0 Å². The molecule has 32 heavy (non-hydrogen) atoms. The van der Waals surface area contributed by atoms with Gasteiger partial charge in [-0.3, -0.25) is 9.79 Å². The fourth-order valence-electron chi connectivity index (χ4n) is 3.95. The van der Waals surface area contributed by atoms with Gasteiger partial charge in [0.2, 0.25) is 12.7 Å². The molecule has 0 bridgehead atoms. The monoisotopic (exact) mass is 491 g/mol. The maximum atomic E-state index is 13.1. The van der Waals surface area contributed by atoms with E-state index < -0.39 is 5.92 Å². The zero-order valence-electron chi connectivity index (χ0n) is 17.5. The van der Waals surface area contributed by atoms with Gasteiger partial charge in [-0.05, 0) is 60.1 Å². The summed E-state index contributed by atoms with van der Waals surface area (Å²) >= 11 is 3.48. The van der Waals surface area contributed by atoms with E-state index in [0.717, 1.165) is 40.1 Å². The smallest absolute Gasteiger partial charge is 0.238 e. The Hall–Kier alpha value is -3.16. The molecule has 1 amide bonds. The number of halogens is 1. The Morgan fingerprint density at radius 2 is 1.91 bits per heavy atom. The lowest BCUT2D eigenvalue weighted by Gasteiger charge is -2.15. The number of nitrogens with zero attached hydrogens (tertiary/aromatic N) is 1. The van der Waals surface area contributed by atoms with Crippen molar-refractivity contribution in [2.24, 2.45) is 4.99 Å². The van der Waals surface area contributed by atoms with Crippen molar-refractivity contribution in [3.8, 4) is 11.5 Å². The number of anilines is 1. The number of fused-ring (bicyclic) bond motifs is 2. The number of hydrogen-bond acceptors (Lipinski definition) is 5. The summed E-state index contributed by atoms with van der Waals surface area (Å²) in [5.41, 5.74) is 5.16. The number of aliphatic imine (C=N–C) groups is 1. The van der Waals surface area contributed by atoms with Crippen LogP contribution in [0.15, 0.2) is 70.1 Å². The second-order valence-corrected chi connectivity index (χ2v) is 8.58. The van der Waals surface area contributed by atoms with Crippen LogP contribution >= 0.6 is 15.9 Å². The third-order valence-corrected chi connectivity index (χ3v) is 6.05. The summed E-state index contributed by atoms with van der Waals surface area (Å²) in [5.74, 6) is 0.727. The minimum atomic E-state index is -0.528. The van der Waals surface area contributed by atoms with Gasteiger partial charge in [-0.1, -0.05) is 41.1 Å². The summed E-state index contributed by atoms with van der Waals surface area (Å²) in [4.78, 5) is 18.0. The Labute approximate surface area is 194 Å². The fourth-order valence-corrected chi connectivity index (χ4v) is 4.32. The van der Waals surface area contributed by atoms with Crippen LogP contribution in [0.4, 0.5) is 11.4 Å². The van der Waals surface area contributed by atoms with Gasteiger partial charge in [-0.15, -0.1) is 0 Å². The van der Waals surface area contributed by atoms with Crippen molar-refractivity contribution >= 4 is 38.9 Å². The molecule has 5 rings (SSSR count). The SMILES string of the molecule is CCNCc1ccc(N=C(c2ccc3c(c2)OCO3)C2C(=O)Nc3cc(Br)ccc32)cc1. The minimum absolute atomic E-state index is 0.0988. The fraction of sp³-hybridized carbons (Fsp3) is 0.200. The maximum absolute atomic E-state index is 13.1. The molecule has 2 aliphatic rings. The van der Waals surface area contributed by atoms with Crippen LogP contribution in [0, 0.1) is 0 Å².